The smallest absolute Gasteiger partial charge is 0.335 e. The first-order valence-electron chi connectivity index (χ1n) is 4.10. The van der Waals surface area contributed by atoms with Crippen molar-refractivity contribution in [1.82, 2.24) is 0 Å². The lowest BCUT2D eigenvalue weighted by Gasteiger charge is -2.21. The number of carboxylic acids is 2. The van der Waals surface area contributed by atoms with Crippen LogP contribution in [0.5, 0.6) is 0 Å². The quantitative estimate of drug-likeness (QED) is 0.565. The standard InChI is InChI=1S/C8H14O5/c1-2-4-8(13,7(11)12)5-3-6(9)10/h13H,2-5H2,1H3,(H,9,10)(H,11,12). The summed E-state index contributed by atoms with van der Waals surface area (Å²) in [7, 11) is 0. The van der Waals surface area contributed by atoms with Gasteiger partial charge in [0.1, 0.15) is 0 Å². The van der Waals surface area contributed by atoms with E-state index >= 15 is 0 Å². The van der Waals surface area contributed by atoms with Crippen LogP contribution in [0.2, 0.25) is 0 Å². The van der Waals surface area contributed by atoms with E-state index < -0.39 is 17.5 Å². The molecule has 3 N–H and O–H groups in total. The van der Waals surface area contributed by atoms with Crippen molar-refractivity contribution < 1.29 is 24.9 Å². The van der Waals surface area contributed by atoms with E-state index in [1.807, 2.05) is 0 Å². The van der Waals surface area contributed by atoms with E-state index in [2.05, 4.69) is 0 Å². The van der Waals surface area contributed by atoms with Crippen LogP contribution in [-0.4, -0.2) is 32.9 Å². The summed E-state index contributed by atoms with van der Waals surface area (Å²) in [6.07, 6.45) is 0.00629. The van der Waals surface area contributed by atoms with Crippen molar-refractivity contribution in [2.75, 3.05) is 0 Å². The fraction of sp³-hybridized carbons (Fsp3) is 0.750. The van der Waals surface area contributed by atoms with Crippen LogP contribution in [-0.2, 0) is 9.59 Å². The van der Waals surface area contributed by atoms with Crippen molar-refractivity contribution >= 4 is 11.9 Å². The molecule has 0 radical (unpaired) electrons. The molecule has 0 amide bonds. The zero-order chi connectivity index (χ0) is 10.5. The summed E-state index contributed by atoms with van der Waals surface area (Å²) in [5, 5.41) is 26.4. The molecule has 76 valence electrons. The molecule has 0 bridgehead atoms. The molecule has 0 aliphatic carbocycles. The first-order valence-corrected chi connectivity index (χ1v) is 4.10. The van der Waals surface area contributed by atoms with Gasteiger partial charge >= 0.3 is 11.9 Å². The van der Waals surface area contributed by atoms with E-state index in [0.717, 1.165) is 0 Å². The Hall–Kier alpha value is -1.10. The number of aliphatic hydroxyl groups is 1. The minimum Gasteiger partial charge on any atom is -0.481 e. The molecule has 13 heavy (non-hydrogen) atoms. The van der Waals surface area contributed by atoms with Gasteiger partial charge in [0, 0.05) is 6.42 Å². The lowest BCUT2D eigenvalue weighted by Crippen LogP contribution is -2.38. The minimum absolute atomic E-state index is 0.0790. The summed E-state index contributed by atoms with van der Waals surface area (Å²) in [6.45, 7) is 1.73. The van der Waals surface area contributed by atoms with Crippen LogP contribution in [0.4, 0.5) is 0 Å². The van der Waals surface area contributed by atoms with E-state index in [1.165, 1.54) is 0 Å². The lowest BCUT2D eigenvalue weighted by atomic mass is 9.93. The molecule has 0 aliphatic heterocycles. The van der Waals surface area contributed by atoms with Gasteiger partial charge in [0.05, 0.1) is 0 Å². The molecule has 5 heteroatoms. The van der Waals surface area contributed by atoms with E-state index in [-0.39, 0.29) is 19.3 Å². The lowest BCUT2D eigenvalue weighted by molar-refractivity contribution is -0.161. The molecule has 0 spiro atoms. The largest absolute Gasteiger partial charge is 0.481 e. The molecule has 0 aliphatic rings. The topological polar surface area (TPSA) is 94.8 Å². The molecular formula is C8H14O5. The molecule has 5 nitrogen and oxygen atoms in total. The van der Waals surface area contributed by atoms with Gasteiger partial charge in [-0.1, -0.05) is 13.3 Å². The third-order valence-electron chi connectivity index (χ3n) is 1.81. The molecule has 0 rings (SSSR count). The van der Waals surface area contributed by atoms with E-state index in [0.29, 0.717) is 6.42 Å². The van der Waals surface area contributed by atoms with Crippen LogP contribution >= 0.6 is 0 Å². The van der Waals surface area contributed by atoms with Gasteiger partial charge in [-0.3, -0.25) is 4.79 Å². The average Bonchev–Trinajstić information content (AvgIpc) is 2.01. The Morgan fingerprint density at radius 3 is 2.08 bits per heavy atom. The normalized spacial score (nSPS) is 14.9. The number of hydrogen-bond acceptors (Lipinski definition) is 3. The summed E-state index contributed by atoms with van der Waals surface area (Å²) in [4.78, 5) is 20.7. The highest BCUT2D eigenvalue weighted by molar-refractivity contribution is 5.78. The fourth-order valence-corrected chi connectivity index (χ4v) is 1.07. The number of carbonyl (C=O) groups is 2. The van der Waals surface area contributed by atoms with Crippen LogP contribution in [0, 0.1) is 0 Å². The SMILES string of the molecule is CCCC(O)(CCC(=O)O)C(=O)O. The average molecular weight is 190 g/mol. The van der Waals surface area contributed by atoms with Crippen molar-refractivity contribution in [2.24, 2.45) is 0 Å². The molecule has 0 heterocycles. The fourth-order valence-electron chi connectivity index (χ4n) is 1.07. The summed E-state index contributed by atoms with van der Waals surface area (Å²) >= 11 is 0. The second kappa shape index (κ2) is 4.81. The maximum absolute atomic E-state index is 10.6. The van der Waals surface area contributed by atoms with Gasteiger partial charge in [-0.15, -0.1) is 0 Å². The monoisotopic (exact) mass is 190 g/mol. The Morgan fingerprint density at radius 1 is 1.23 bits per heavy atom. The first kappa shape index (κ1) is 11.9. The Kier molecular flexibility index (Phi) is 4.40. The zero-order valence-electron chi connectivity index (χ0n) is 7.49. The maximum Gasteiger partial charge on any atom is 0.335 e. The van der Waals surface area contributed by atoms with Crippen molar-refractivity contribution in [3.8, 4) is 0 Å². The third kappa shape index (κ3) is 3.89. The van der Waals surface area contributed by atoms with Crippen molar-refractivity contribution in [2.45, 2.75) is 38.2 Å². The number of carboxylic acid groups (broad SMARTS) is 2. The Balaban J connectivity index is 4.24. The summed E-state index contributed by atoms with van der Waals surface area (Å²) in [6, 6.07) is 0. The van der Waals surface area contributed by atoms with Gasteiger partial charge in [0.25, 0.3) is 0 Å². The van der Waals surface area contributed by atoms with Crippen LogP contribution in [0.1, 0.15) is 32.6 Å². The number of aliphatic carboxylic acids is 2. The zero-order valence-corrected chi connectivity index (χ0v) is 7.49. The minimum atomic E-state index is -1.88. The molecular weight excluding hydrogens is 176 g/mol. The predicted octanol–water partition coefficient (Wildman–Crippen LogP) is 0.467. The van der Waals surface area contributed by atoms with Crippen LogP contribution in [0.25, 0.3) is 0 Å². The molecule has 1 atom stereocenters. The van der Waals surface area contributed by atoms with E-state index in [4.69, 9.17) is 10.2 Å². The van der Waals surface area contributed by atoms with Gasteiger partial charge in [-0.25, -0.2) is 4.79 Å². The third-order valence-corrected chi connectivity index (χ3v) is 1.81. The first-order chi connectivity index (χ1) is 5.92. The number of rotatable bonds is 6. The van der Waals surface area contributed by atoms with Crippen LogP contribution in [0.3, 0.4) is 0 Å². The molecule has 1 unspecified atom stereocenters. The Morgan fingerprint density at radius 2 is 1.77 bits per heavy atom. The highest BCUT2D eigenvalue weighted by Gasteiger charge is 2.34. The summed E-state index contributed by atoms with van der Waals surface area (Å²) < 4.78 is 0. The molecule has 0 aromatic rings. The van der Waals surface area contributed by atoms with Crippen LogP contribution < -0.4 is 0 Å². The molecule has 0 saturated carbocycles. The molecule has 0 aromatic heterocycles. The predicted molar refractivity (Wildman–Crippen MR) is 44.4 cm³/mol. The van der Waals surface area contributed by atoms with Crippen molar-refractivity contribution in [1.29, 1.82) is 0 Å². The second-order valence-corrected chi connectivity index (χ2v) is 2.98. The van der Waals surface area contributed by atoms with Gasteiger partial charge in [-0.2, -0.15) is 0 Å². The second-order valence-electron chi connectivity index (χ2n) is 2.98. The Labute approximate surface area is 76.0 Å². The van der Waals surface area contributed by atoms with Crippen LogP contribution in [0.15, 0.2) is 0 Å². The van der Waals surface area contributed by atoms with Gasteiger partial charge < -0.3 is 15.3 Å². The molecule has 0 saturated heterocycles. The summed E-state index contributed by atoms with van der Waals surface area (Å²) in [5.74, 6) is -2.45. The summed E-state index contributed by atoms with van der Waals surface area (Å²) in [5.41, 5.74) is -1.88. The Bertz CT molecular complexity index is 201. The van der Waals surface area contributed by atoms with E-state index in [1.54, 1.807) is 6.92 Å². The molecule has 0 fully saturated rings. The highest BCUT2D eigenvalue weighted by Crippen LogP contribution is 2.19. The van der Waals surface area contributed by atoms with Gasteiger partial charge in [-0.05, 0) is 12.8 Å². The number of hydrogen-bond donors (Lipinski definition) is 3. The van der Waals surface area contributed by atoms with Gasteiger partial charge in [0.2, 0.25) is 0 Å². The molecule has 0 aromatic carbocycles. The van der Waals surface area contributed by atoms with Gasteiger partial charge in [0.15, 0.2) is 5.60 Å². The van der Waals surface area contributed by atoms with Crippen molar-refractivity contribution in [3.05, 3.63) is 0 Å². The highest BCUT2D eigenvalue weighted by atomic mass is 16.4. The van der Waals surface area contributed by atoms with Crippen molar-refractivity contribution in [3.63, 3.8) is 0 Å². The van der Waals surface area contributed by atoms with E-state index in [9.17, 15) is 14.7 Å². The maximum atomic E-state index is 10.6.